The minimum atomic E-state index is -2.82. The average Bonchev–Trinajstić information content (AvgIpc) is 3.63. The van der Waals surface area contributed by atoms with Crippen LogP contribution in [0.5, 0.6) is 11.8 Å². The van der Waals surface area contributed by atoms with E-state index in [1.54, 1.807) is 6.92 Å². The zero-order valence-corrected chi connectivity index (χ0v) is 26.6. The first-order valence-electron chi connectivity index (χ1n) is 14.9. The van der Waals surface area contributed by atoms with E-state index in [4.69, 9.17) is 26.8 Å². The Bertz CT molecular complexity index is 2000. The van der Waals surface area contributed by atoms with E-state index in [0.717, 1.165) is 23.8 Å². The van der Waals surface area contributed by atoms with Crippen LogP contribution in [0, 0.1) is 23.0 Å². The molecule has 0 bridgehead atoms. The SMILES string of the molecule is C=C(C)[C@@H]1COc2c(Cl)c(-c3ccc(F)c4sc(N)c(C#N)c34)c(F)c3nc(OC[C@@]45CCCN4C[C@H](F)C5)nc(c23)N1CC(F)F. The third kappa shape index (κ3) is 5.01. The number of anilines is 2. The van der Waals surface area contributed by atoms with E-state index < -0.39 is 42.4 Å². The summed E-state index contributed by atoms with van der Waals surface area (Å²) in [6.45, 7) is 5.59. The molecule has 2 aromatic heterocycles. The van der Waals surface area contributed by atoms with Crippen molar-refractivity contribution in [2.45, 2.75) is 50.4 Å². The lowest BCUT2D eigenvalue weighted by molar-refractivity contribution is 0.107. The van der Waals surface area contributed by atoms with Gasteiger partial charge in [-0.1, -0.05) is 29.8 Å². The van der Waals surface area contributed by atoms with Crippen molar-refractivity contribution in [3.05, 3.63) is 46.5 Å². The molecule has 0 spiro atoms. The van der Waals surface area contributed by atoms with Gasteiger partial charge < -0.3 is 20.1 Å². The fraction of sp³-hybridized carbons (Fsp3) is 0.406. The maximum Gasteiger partial charge on any atom is 0.319 e. The van der Waals surface area contributed by atoms with Gasteiger partial charge in [0.2, 0.25) is 0 Å². The van der Waals surface area contributed by atoms with Gasteiger partial charge in [-0.2, -0.15) is 15.2 Å². The van der Waals surface area contributed by atoms with E-state index in [-0.39, 0.29) is 91.5 Å². The quantitative estimate of drug-likeness (QED) is 0.160. The molecule has 2 fully saturated rings. The molecule has 0 radical (unpaired) electrons. The van der Waals surface area contributed by atoms with E-state index in [0.29, 0.717) is 18.5 Å². The zero-order chi connectivity index (χ0) is 33.4. The number of alkyl halides is 3. The first-order valence-corrected chi connectivity index (χ1v) is 16.1. The third-order valence-electron chi connectivity index (χ3n) is 9.31. The first-order chi connectivity index (χ1) is 22.4. The summed E-state index contributed by atoms with van der Waals surface area (Å²) in [7, 11) is 0. The fourth-order valence-corrected chi connectivity index (χ4v) is 8.49. The third-order valence-corrected chi connectivity index (χ3v) is 10.7. The molecule has 8 nitrogen and oxygen atoms in total. The fourth-order valence-electron chi connectivity index (χ4n) is 7.21. The Balaban J connectivity index is 1.48. The highest BCUT2D eigenvalue weighted by Gasteiger charge is 2.49. The smallest absolute Gasteiger partial charge is 0.319 e. The number of fused-ring (bicyclic) bond motifs is 2. The van der Waals surface area contributed by atoms with Crippen molar-refractivity contribution in [2.24, 2.45) is 0 Å². The van der Waals surface area contributed by atoms with Gasteiger partial charge in [-0.25, -0.2) is 22.0 Å². The number of aromatic nitrogens is 2. The minimum absolute atomic E-state index is 0.000839. The summed E-state index contributed by atoms with van der Waals surface area (Å²) in [6, 6.07) is 3.23. The number of halogens is 6. The Morgan fingerprint density at radius 1 is 1.32 bits per heavy atom. The molecule has 4 aromatic rings. The van der Waals surface area contributed by atoms with Crippen LogP contribution in [0.1, 0.15) is 31.7 Å². The van der Waals surface area contributed by atoms with Crippen LogP contribution < -0.4 is 20.1 Å². The molecule has 15 heteroatoms. The van der Waals surface area contributed by atoms with E-state index in [1.807, 2.05) is 11.0 Å². The van der Waals surface area contributed by atoms with Crippen LogP contribution in [0.2, 0.25) is 5.02 Å². The van der Waals surface area contributed by atoms with Crippen LogP contribution in [-0.2, 0) is 0 Å². The molecule has 7 rings (SSSR count). The lowest BCUT2D eigenvalue weighted by atomic mass is 9.95. The topological polar surface area (TPSA) is 101 Å². The summed E-state index contributed by atoms with van der Waals surface area (Å²) >= 11 is 7.74. The molecule has 0 aliphatic carbocycles. The molecule has 2 saturated heterocycles. The molecule has 0 unspecified atom stereocenters. The molecule has 0 saturated carbocycles. The predicted molar refractivity (Wildman–Crippen MR) is 170 cm³/mol. The number of hydrogen-bond acceptors (Lipinski definition) is 9. The van der Waals surface area contributed by atoms with E-state index >= 15 is 4.39 Å². The second kappa shape index (κ2) is 11.6. The summed E-state index contributed by atoms with van der Waals surface area (Å²) in [6.07, 6.45) is -2.07. The van der Waals surface area contributed by atoms with E-state index in [1.165, 1.54) is 11.0 Å². The van der Waals surface area contributed by atoms with Gasteiger partial charge in [0.1, 0.15) is 47.6 Å². The Morgan fingerprint density at radius 3 is 2.83 bits per heavy atom. The molecular weight excluding hydrogens is 663 g/mol. The molecule has 3 aliphatic rings. The van der Waals surface area contributed by atoms with Crippen molar-refractivity contribution in [2.75, 3.05) is 43.5 Å². The lowest BCUT2D eigenvalue weighted by Crippen LogP contribution is -2.44. The van der Waals surface area contributed by atoms with Crippen molar-refractivity contribution in [1.82, 2.24) is 14.9 Å². The van der Waals surface area contributed by atoms with Gasteiger partial charge in [0.15, 0.2) is 11.6 Å². The average molecular weight is 691 g/mol. The van der Waals surface area contributed by atoms with E-state index in [9.17, 15) is 22.8 Å². The van der Waals surface area contributed by atoms with Crippen LogP contribution in [0.3, 0.4) is 0 Å². The number of thiophene rings is 1. The minimum Gasteiger partial charge on any atom is -0.489 e. The van der Waals surface area contributed by atoms with Gasteiger partial charge in [0.05, 0.1) is 38.8 Å². The van der Waals surface area contributed by atoms with Gasteiger partial charge in [0, 0.05) is 23.9 Å². The Morgan fingerprint density at radius 2 is 2.11 bits per heavy atom. The Kier molecular flexibility index (Phi) is 7.84. The second-order valence-corrected chi connectivity index (χ2v) is 13.6. The number of nitrogens with zero attached hydrogens (tertiary/aromatic N) is 5. The van der Waals surface area contributed by atoms with E-state index in [2.05, 4.69) is 16.5 Å². The van der Waals surface area contributed by atoms with Crippen molar-refractivity contribution >= 4 is 54.7 Å². The number of nitrogen functional groups attached to an aromatic ring is 1. The van der Waals surface area contributed by atoms with Gasteiger partial charge in [-0.15, -0.1) is 11.3 Å². The zero-order valence-electron chi connectivity index (χ0n) is 25.1. The highest BCUT2D eigenvalue weighted by Crippen LogP contribution is 2.51. The van der Waals surface area contributed by atoms with Crippen LogP contribution in [0.15, 0.2) is 24.3 Å². The first kappa shape index (κ1) is 31.7. The van der Waals surface area contributed by atoms with Gasteiger partial charge >= 0.3 is 6.01 Å². The summed E-state index contributed by atoms with van der Waals surface area (Å²) in [5, 5.41) is 9.65. The Labute approximate surface area is 275 Å². The summed E-state index contributed by atoms with van der Waals surface area (Å²) < 4.78 is 86.9. The number of hydrogen-bond donors (Lipinski definition) is 1. The highest BCUT2D eigenvalue weighted by molar-refractivity contribution is 7.23. The van der Waals surface area contributed by atoms with Crippen LogP contribution >= 0.6 is 22.9 Å². The molecule has 246 valence electrons. The van der Waals surface area contributed by atoms with Gasteiger partial charge in [-0.3, -0.25) is 4.90 Å². The predicted octanol–water partition coefficient (Wildman–Crippen LogP) is 7.26. The van der Waals surface area contributed by atoms with Crippen molar-refractivity contribution < 1.29 is 31.4 Å². The molecule has 47 heavy (non-hydrogen) atoms. The Hall–Kier alpha value is -3.93. The largest absolute Gasteiger partial charge is 0.489 e. The highest BCUT2D eigenvalue weighted by atomic mass is 35.5. The molecular formula is C32H28ClF5N6O2S. The van der Waals surface area contributed by atoms with Crippen LogP contribution in [-0.4, -0.2) is 71.9 Å². The molecule has 5 heterocycles. The van der Waals surface area contributed by atoms with Gasteiger partial charge in [0.25, 0.3) is 6.43 Å². The van der Waals surface area contributed by atoms with Crippen LogP contribution in [0.4, 0.5) is 32.8 Å². The van der Waals surface area contributed by atoms with Crippen molar-refractivity contribution in [3.8, 4) is 29.0 Å². The molecule has 2 N–H and O–H groups in total. The number of nitrogens with two attached hydrogens (primary N) is 1. The van der Waals surface area contributed by atoms with Crippen LogP contribution in [0.25, 0.3) is 32.1 Å². The number of benzene rings is 2. The maximum absolute atomic E-state index is 17.0. The number of rotatable bonds is 7. The monoisotopic (exact) mass is 690 g/mol. The maximum atomic E-state index is 17.0. The second-order valence-electron chi connectivity index (χ2n) is 12.2. The summed E-state index contributed by atoms with van der Waals surface area (Å²) in [5.41, 5.74) is 5.31. The number of ether oxygens (including phenoxy) is 2. The normalized spacial score (nSPS) is 22.5. The molecule has 2 aromatic carbocycles. The van der Waals surface area contributed by atoms with Gasteiger partial charge in [-0.05, 0) is 37.9 Å². The summed E-state index contributed by atoms with van der Waals surface area (Å²) in [4.78, 5) is 12.2. The van der Waals surface area contributed by atoms with Crippen molar-refractivity contribution in [1.29, 1.82) is 5.26 Å². The molecule has 3 aliphatic heterocycles. The lowest BCUT2D eigenvalue weighted by Gasteiger charge is -2.32. The number of nitriles is 1. The van der Waals surface area contributed by atoms with Crippen molar-refractivity contribution in [3.63, 3.8) is 0 Å². The standard InChI is InChI=1S/C32H28ClF5N6O2S/c1-14(2)19-12-45-27-23-26(25(38)22(24(27)33)16-4-5-18(35)28-21(16)17(9-39)29(40)47-28)41-31(42-30(23)44(19)11-20(36)37)46-13-32-6-3-7-43(32)10-15(34)8-32/h4-5,15,19-20H,1,3,6-8,10-13,40H2,2H3/t15-,19+,32+/m1/s1. The molecule has 3 atom stereocenters. The molecule has 0 amide bonds. The summed E-state index contributed by atoms with van der Waals surface area (Å²) in [5.74, 6) is -1.85.